The SMILES string of the molecule is CCCCN(CC)C(=O)Cn1c(-c2cccs2)n[nH]c1=S. The lowest BCUT2D eigenvalue weighted by Gasteiger charge is -2.21. The Morgan fingerprint density at radius 1 is 1.52 bits per heavy atom. The van der Waals surface area contributed by atoms with Gasteiger partial charge in [-0.3, -0.25) is 14.5 Å². The first kappa shape index (κ1) is 15.9. The molecule has 114 valence electrons. The summed E-state index contributed by atoms with van der Waals surface area (Å²) in [4.78, 5) is 15.3. The first-order valence-electron chi connectivity index (χ1n) is 7.14. The average Bonchev–Trinajstić information content (AvgIpc) is 3.11. The van der Waals surface area contributed by atoms with Gasteiger partial charge in [0.25, 0.3) is 0 Å². The number of nitrogens with one attached hydrogen (secondary N) is 1. The second-order valence-electron chi connectivity index (χ2n) is 4.74. The first-order chi connectivity index (χ1) is 10.2. The zero-order chi connectivity index (χ0) is 15.2. The van der Waals surface area contributed by atoms with Gasteiger partial charge in [-0.2, -0.15) is 5.10 Å². The number of likely N-dealkylation sites (N-methyl/N-ethyl adjacent to an activating group) is 1. The van der Waals surface area contributed by atoms with Gasteiger partial charge in [0, 0.05) is 13.1 Å². The van der Waals surface area contributed by atoms with Crippen LogP contribution in [0.4, 0.5) is 0 Å². The van der Waals surface area contributed by atoms with E-state index >= 15 is 0 Å². The van der Waals surface area contributed by atoms with Gasteiger partial charge in [0.15, 0.2) is 10.6 Å². The molecule has 0 atom stereocenters. The number of thiophene rings is 1. The molecule has 2 heterocycles. The van der Waals surface area contributed by atoms with E-state index in [1.54, 1.807) is 15.9 Å². The average molecular weight is 324 g/mol. The smallest absolute Gasteiger partial charge is 0.242 e. The molecule has 2 rings (SSSR count). The minimum atomic E-state index is 0.0845. The second kappa shape index (κ2) is 7.51. The van der Waals surface area contributed by atoms with Crippen LogP contribution in [0.5, 0.6) is 0 Å². The summed E-state index contributed by atoms with van der Waals surface area (Å²) in [5.41, 5.74) is 0. The molecule has 0 aromatic carbocycles. The van der Waals surface area contributed by atoms with Gasteiger partial charge in [-0.25, -0.2) is 0 Å². The predicted molar refractivity (Wildman–Crippen MR) is 87.9 cm³/mol. The van der Waals surface area contributed by atoms with E-state index < -0.39 is 0 Å². The fourth-order valence-electron chi connectivity index (χ4n) is 2.10. The van der Waals surface area contributed by atoms with Gasteiger partial charge in [-0.15, -0.1) is 11.3 Å². The Balaban J connectivity index is 2.17. The van der Waals surface area contributed by atoms with E-state index in [1.807, 2.05) is 29.3 Å². The van der Waals surface area contributed by atoms with Crippen LogP contribution in [0.1, 0.15) is 26.7 Å². The lowest BCUT2D eigenvalue weighted by molar-refractivity contribution is -0.131. The van der Waals surface area contributed by atoms with E-state index in [9.17, 15) is 4.79 Å². The quantitative estimate of drug-likeness (QED) is 0.795. The van der Waals surface area contributed by atoms with Gasteiger partial charge in [0.05, 0.1) is 4.88 Å². The Morgan fingerprint density at radius 2 is 2.33 bits per heavy atom. The molecule has 21 heavy (non-hydrogen) atoms. The van der Waals surface area contributed by atoms with E-state index in [-0.39, 0.29) is 12.5 Å². The molecule has 0 aliphatic carbocycles. The Labute approximate surface area is 133 Å². The standard InChI is InChI=1S/C14H20N4OS2/c1-3-5-8-17(4-2)12(19)10-18-13(15-16-14(18)20)11-7-6-9-21-11/h6-7,9H,3-5,8,10H2,1-2H3,(H,16,20). The molecule has 0 spiro atoms. The lowest BCUT2D eigenvalue weighted by Crippen LogP contribution is -2.34. The number of aromatic nitrogens is 3. The third-order valence-corrected chi connectivity index (χ3v) is 4.49. The Morgan fingerprint density at radius 3 is 2.95 bits per heavy atom. The maximum absolute atomic E-state index is 12.4. The zero-order valence-corrected chi connectivity index (χ0v) is 14.0. The summed E-state index contributed by atoms with van der Waals surface area (Å²) >= 11 is 6.84. The van der Waals surface area contributed by atoms with E-state index in [1.165, 1.54) is 0 Å². The molecule has 0 aliphatic heterocycles. The van der Waals surface area contributed by atoms with Gasteiger partial charge in [0.2, 0.25) is 5.91 Å². The summed E-state index contributed by atoms with van der Waals surface area (Å²) in [7, 11) is 0. The van der Waals surface area contributed by atoms with Crippen LogP contribution >= 0.6 is 23.6 Å². The molecular weight excluding hydrogens is 304 g/mol. The monoisotopic (exact) mass is 324 g/mol. The van der Waals surface area contributed by atoms with Crippen molar-refractivity contribution < 1.29 is 4.79 Å². The highest BCUT2D eigenvalue weighted by atomic mass is 32.1. The number of rotatable bonds is 7. The molecule has 0 bridgehead atoms. The van der Waals surface area contributed by atoms with E-state index in [0.717, 1.165) is 36.6 Å². The molecule has 1 N–H and O–H groups in total. The normalized spacial score (nSPS) is 10.8. The van der Waals surface area contributed by atoms with Crippen LogP contribution in [0, 0.1) is 4.77 Å². The van der Waals surface area contributed by atoms with Crippen molar-refractivity contribution in [3.63, 3.8) is 0 Å². The molecule has 1 amide bonds. The molecule has 7 heteroatoms. The van der Waals surface area contributed by atoms with Crippen molar-refractivity contribution in [2.75, 3.05) is 13.1 Å². The van der Waals surface area contributed by atoms with E-state index in [0.29, 0.717) is 4.77 Å². The molecule has 0 fully saturated rings. The number of H-pyrrole nitrogens is 1. The maximum Gasteiger partial charge on any atom is 0.242 e. The van der Waals surface area contributed by atoms with Crippen LogP contribution in [0.25, 0.3) is 10.7 Å². The van der Waals surface area contributed by atoms with Gasteiger partial charge in [-0.05, 0) is 37.0 Å². The topological polar surface area (TPSA) is 53.9 Å². The van der Waals surface area contributed by atoms with Gasteiger partial charge < -0.3 is 4.90 Å². The van der Waals surface area contributed by atoms with Crippen molar-refractivity contribution in [2.24, 2.45) is 0 Å². The largest absolute Gasteiger partial charge is 0.341 e. The summed E-state index contributed by atoms with van der Waals surface area (Å²) in [6.45, 7) is 5.88. The molecule has 2 aromatic rings. The number of carbonyl (C=O) groups is 1. The van der Waals surface area contributed by atoms with E-state index in [2.05, 4.69) is 17.1 Å². The van der Waals surface area contributed by atoms with Crippen LogP contribution in [-0.2, 0) is 11.3 Å². The highest BCUT2D eigenvalue weighted by Crippen LogP contribution is 2.22. The van der Waals surface area contributed by atoms with Gasteiger partial charge in [0.1, 0.15) is 6.54 Å². The molecule has 0 unspecified atom stereocenters. The highest BCUT2D eigenvalue weighted by Gasteiger charge is 2.16. The van der Waals surface area contributed by atoms with Crippen molar-refractivity contribution >= 4 is 29.5 Å². The molecule has 0 saturated carbocycles. The summed E-state index contributed by atoms with van der Waals surface area (Å²) in [6.07, 6.45) is 2.10. The molecule has 0 aliphatic rings. The summed E-state index contributed by atoms with van der Waals surface area (Å²) in [5.74, 6) is 0.816. The number of hydrogen-bond acceptors (Lipinski definition) is 4. The lowest BCUT2D eigenvalue weighted by atomic mass is 10.3. The minimum absolute atomic E-state index is 0.0845. The first-order valence-corrected chi connectivity index (χ1v) is 8.43. The molecule has 2 aromatic heterocycles. The van der Waals surface area contributed by atoms with Crippen molar-refractivity contribution in [2.45, 2.75) is 33.2 Å². The third-order valence-electron chi connectivity index (χ3n) is 3.31. The Hall–Kier alpha value is -1.47. The number of hydrogen-bond donors (Lipinski definition) is 1. The van der Waals surface area contributed by atoms with E-state index in [4.69, 9.17) is 12.2 Å². The number of aromatic amines is 1. The molecule has 0 saturated heterocycles. The van der Waals surface area contributed by atoms with Crippen LogP contribution in [0.15, 0.2) is 17.5 Å². The van der Waals surface area contributed by atoms with Gasteiger partial charge in [-0.1, -0.05) is 19.4 Å². The second-order valence-corrected chi connectivity index (χ2v) is 6.08. The molecule has 0 radical (unpaired) electrons. The molecular formula is C14H20N4OS2. The van der Waals surface area contributed by atoms with Crippen LogP contribution in [0.3, 0.4) is 0 Å². The summed E-state index contributed by atoms with van der Waals surface area (Å²) in [6, 6.07) is 3.94. The van der Waals surface area contributed by atoms with Gasteiger partial charge >= 0.3 is 0 Å². The van der Waals surface area contributed by atoms with Crippen molar-refractivity contribution in [3.8, 4) is 10.7 Å². The van der Waals surface area contributed by atoms with Crippen molar-refractivity contribution in [1.82, 2.24) is 19.7 Å². The number of carbonyl (C=O) groups excluding carboxylic acids is 1. The van der Waals surface area contributed by atoms with Crippen LogP contribution in [-0.4, -0.2) is 38.7 Å². The number of unbranched alkanes of at least 4 members (excludes halogenated alkanes) is 1. The summed E-state index contributed by atoms with van der Waals surface area (Å²) in [5, 5.41) is 9.01. The highest BCUT2D eigenvalue weighted by molar-refractivity contribution is 7.71. The van der Waals surface area contributed by atoms with Crippen LogP contribution < -0.4 is 0 Å². The number of nitrogens with zero attached hydrogens (tertiary/aromatic N) is 3. The Bertz CT molecular complexity index is 630. The third kappa shape index (κ3) is 3.79. The fraction of sp³-hybridized carbons (Fsp3) is 0.500. The summed E-state index contributed by atoms with van der Waals surface area (Å²) < 4.78 is 2.26. The predicted octanol–water partition coefficient (Wildman–Crippen LogP) is 3.32. The number of amides is 1. The minimum Gasteiger partial charge on any atom is -0.341 e. The maximum atomic E-state index is 12.4. The molecule has 5 nitrogen and oxygen atoms in total. The Kier molecular flexibility index (Phi) is 5.69. The van der Waals surface area contributed by atoms with Crippen molar-refractivity contribution in [1.29, 1.82) is 0 Å². The zero-order valence-electron chi connectivity index (χ0n) is 12.3. The fourth-order valence-corrected chi connectivity index (χ4v) is 3.02. The van der Waals surface area contributed by atoms with Crippen LogP contribution in [0.2, 0.25) is 0 Å². The van der Waals surface area contributed by atoms with Crippen molar-refractivity contribution in [3.05, 3.63) is 22.3 Å².